The second-order valence-corrected chi connectivity index (χ2v) is 8.88. The Bertz CT molecular complexity index is 1570. The molecule has 5 heteroatoms. The second-order valence-electron chi connectivity index (χ2n) is 8.88. The van der Waals surface area contributed by atoms with Crippen LogP contribution in [0, 0.1) is 10.1 Å². The molecule has 1 aliphatic carbocycles. The second kappa shape index (κ2) is 6.87. The number of nitro benzene ring substituents is 1. The average molecular weight is 432 g/mol. The fourth-order valence-electron chi connectivity index (χ4n) is 5.03. The molecule has 0 unspecified atom stereocenters. The van der Waals surface area contributed by atoms with Crippen molar-refractivity contribution in [3.63, 3.8) is 0 Å². The van der Waals surface area contributed by atoms with E-state index in [2.05, 4.69) is 32.0 Å². The molecule has 33 heavy (non-hydrogen) atoms. The van der Waals surface area contributed by atoms with E-state index in [0.29, 0.717) is 11.5 Å². The Morgan fingerprint density at radius 2 is 1.55 bits per heavy atom. The molecule has 0 atom stereocenters. The van der Waals surface area contributed by atoms with Crippen molar-refractivity contribution < 1.29 is 9.34 Å². The molecule has 1 heterocycles. The molecule has 0 aliphatic heterocycles. The molecule has 0 N–H and O–H groups in total. The fourth-order valence-corrected chi connectivity index (χ4v) is 5.03. The summed E-state index contributed by atoms with van der Waals surface area (Å²) in [5, 5.41) is 11.6. The van der Waals surface area contributed by atoms with Crippen LogP contribution in [0.1, 0.15) is 25.0 Å². The van der Waals surface area contributed by atoms with Crippen molar-refractivity contribution in [2.75, 3.05) is 0 Å². The van der Waals surface area contributed by atoms with Crippen molar-refractivity contribution in [2.45, 2.75) is 19.3 Å². The predicted molar refractivity (Wildman–Crippen MR) is 129 cm³/mol. The Morgan fingerprint density at radius 3 is 2.33 bits per heavy atom. The maximum atomic E-state index is 11.6. The van der Waals surface area contributed by atoms with Crippen LogP contribution in [0.3, 0.4) is 0 Å². The van der Waals surface area contributed by atoms with Crippen molar-refractivity contribution in [1.29, 1.82) is 0 Å². The number of para-hydroxylation sites is 1. The third kappa shape index (κ3) is 2.82. The number of hydrogen-bond donors (Lipinski definition) is 0. The van der Waals surface area contributed by atoms with E-state index in [-0.39, 0.29) is 16.0 Å². The lowest BCUT2D eigenvalue weighted by Crippen LogP contribution is -2.15. The van der Waals surface area contributed by atoms with Crippen LogP contribution in [0.4, 0.5) is 5.69 Å². The summed E-state index contributed by atoms with van der Waals surface area (Å²) in [7, 11) is 0. The van der Waals surface area contributed by atoms with Crippen molar-refractivity contribution in [1.82, 2.24) is 4.98 Å². The Kier molecular flexibility index (Phi) is 4.05. The predicted octanol–water partition coefficient (Wildman–Crippen LogP) is 7.38. The zero-order chi connectivity index (χ0) is 22.7. The Labute approximate surface area is 190 Å². The van der Waals surface area contributed by atoms with Gasteiger partial charge >= 0.3 is 0 Å². The molecule has 0 fully saturated rings. The number of nitro groups is 1. The molecular weight excluding hydrogens is 412 g/mol. The van der Waals surface area contributed by atoms with Gasteiger partial charge in [-0.3, -0.25) is 10.1 Å². The van der Waals surface area contributed by atoms with E-state index in [4.69, 9.17) is 9.40 Å². The van der Waals surface area contributed by atoms with Crippen LogP contribution in [0.2, 0.25) is 0 Å². The number of oxazole rings is 1. The van der Waals surface area contributed by atoms with Crippen molar-refractivity contribution in [2.24, 2.45) is 0 Å². The van der Waals surface area contributed by atoms with Gasteiger partial charge in [0.15, 0.2) is 5.58 Å². The third-order valence-corrected chi connectivity index (χ3v) is 6.60. The highest BCUT2D eigenvalue weighted by Crippen LogP contribution is 2.52. The zero-order valence-electron chi connectivity index (χ0n) is 18.2. The van der Waals surface area contributed by atoms with Crippen LogP contribution < -0.4 is 0 Å². The molecule has 0 amide bonds. The molecule has 0 radical (unpaired) electrons. The molecule has 160 valence electrons. The Morgan fingerprint density at radius 1 is 0.818 bits per heavy atom. The molecule has 0 saturated carbocycles. The van der Waals surface area contributed by atoms with Crippen molar-refractivity contribution in [3.8, 4) is 33.7 Å². The quantitative estimate of drug-likeness (QED) is 0.220. The van der Waals surface area contributed by atoms with Gasteiger partial charge in [0.05, 0.1) is 10.5 Å². The van der Waals surface area contributed by atoms with Gasteiger partial charge in [-0.05, 0) is 58.1 Å². The van der Waals surface area contributed by atoms with Crippen LogP contribution in [-0.4, -0.2) is 9.91 Å². The Hall–Kier alpha value is -4.25. The lowest BCUT2D eigenvalue weighted by atomic mass is 9.81. The standard InChI is InChI=1S/C28H20N2O3/c1-28(2)22-16-18(19-10-6-7-11-23(19)30(31)32)12-13-20(22)21-14-15-24-26(25(21)28)29-27(33-24)17-8-4-3-5-9-17/h3-16H,1-2H3. The highest BCUT2D eigenvalue weighted by molar-refractivity contribution is 5.95. The van der Waals surface area contributed by atoms with Gasteiger partial charge in [-0.25, -0.2) is 4.98 Å². The van der Waals surface area contributed by atoms with Crippen molar-refractivity contribution >= 4 is 16.8 Å². The van der Waals surface area contributed by atoms with E-state index < -0.39 is 0 Å². The highest BCUT2D eigenvalue weighted by atomic mass is 16.6. The smallest absolute Gasteiger partial charge is 0.277 e. The normalized spacial score (nSPS) is 13.6. The average Bonchev–Trinajstić information content (AvgIpc) is 3.36. The van der Waals surface area contributed by atoms with E-state index in [1.807, 2.05) is 48.5 Å². The monoisotopic (exact) mass is 432 g/mol. The van der Waals surface area contributed by atoms with E-state index in [0.717, 1.165) is 44.5 Å². The third-order valence-electron chi connectivity index (χ3n) is 6.60. The first-order valence-corrected chi connectivity index (χ1v) is 10.8. The summed E-state index contributed by atoms with van der Waals surface area (Å²) in [6, 6.07) is 27.0. The number of benzene rings is 4. The van der Waals surface area contributed by atoms with Gasteiger partial charge in [-0.1, -0.05) is 62.4 Å². The lowest BCUT2D eigenvalue weighted by molar-refractivity contribution is -0.384. The largest absolute Gasteiger partial charge is 0.436 e. The molecule has 0 saturated heterocycles. The van der Waals surface area contributed by atoms with Gasteiger partial charge in [-0.15, -0.1) is 0 Å². The SMILES string of the molecule is CC1(C)c2cc(-c3ccccc3[N+](=O)[O-])ccc2-c2ccc3oc(-c4ccccc4)nc3c21. The first-order valence-electron chi connectivity index (χ1n) is 10.8. The van der Waals surface area contributed by atoms with Crippen LogP contribution in [0.15, 0.2) is 89.3 Å². The summed E-state index contributed by atoms with van der Waals surface area (Å²) in [6.45, 7) is 4.36. The van der Waals surface area contributed by atoms with Gasteiger partial charge in [0.1, 0.15) is 5.52 Å². The molecule has 4 aromatic carbocycles. The summed E-state index contributed by atoms with van der Waals surface area (Å²) in [5.41, 5.74) is 8.30. The van der Waals surface area contributed by atoms with Crippen LogP contribution in [-0.2, 0) is 5.41 Å². The van der Waals surface area contributed by atoms with E-state index in [9.17, 15) is 10.1 Å². The number of nitrogens with zero attached hydrogens (tertiary/aromatic N) is 2. The molecule has 0 bridgehead atoms. The number of hydrogen-bond acceptors (Lipinski definition) is 4. The first kappa shape index (κ1) is 19.4. The first-order chi connectivity index (χ1) is 15.9. The summed E-state index contributed by atoms with van der Waals surface area (Å²) in [5.74, 6) is 0.603. The fraction of sp³-hybridized carbons (Fsp3) is 0.107. The zero-order valence-corrected chi connectivity index (χ0v) is 18.2. The summed E-state index contributed by atoms with van der Waals surface area (Å²) in [6.07, 6.45) is 0. The Balaban J connectivity index is 1.54. The minimum Gasteiger partial charge on any atom is -0.436 e. The maximum Gasteiger partial charge on any atom is 0.277 e. The van der Waals surface area contributed by atoms with Gasteiger partial charge < -0.3 is 4.42 Å². The number of rotatable bonds is 3. The van der Waals surface area contributed by atoms with Crippen LogP contribution >= 0.6 is 0 Å². The van der Waals surface area contributed by atoms with E-state index >= 15 is 0 Å². The molecule has 5 nitrogen and oxygen atoms in total. The summed E-state index contributed by atoms with van der Waals surface area (Å²) >= 11 is 0. The topological polar surface area (TPSA) is 69.2 Å². The number of aromatic nitrogens is 1. The van der Waals surface area contributed by atoms with Gasteiger partial charge in [0.25, 0.3) is 5.69 Å². The summed E-state index contributed by atoms with van der Waals surface area (Å²) in [4.78, 5) is 16.2. The highest BCUT2D eigenvalue weighted by Gasteiger charge is 2.38. The van der Waals surface area contributed by atoms with Gasteiger partial charge in [-0.2, -0.15) is 0 Å². The molecule has 5 aromatic rings. The molecular formula is C28H20N2O3. The molecule has 6 rings (SSSR count). The van der Waals surface area contributed by atoms with Crippen LogP contribution in [0.25, 0.3) is 44.8 Å². The maximum absolute atomic E-state index is 11.6. The van der Waals surface area contributed by atoms with Gasteiger partial charge in [0.2, 0.25) is 5.89 Å². The van der Waals surface area contributed by atoms with Crippen LogP contribution in [0.5, 0.6) is 0 Å². The van der Waals surface area contributed by atoms with Crippen molar-refractivity contribution in [3.05, 3.63) is 106 Å². The molecule has 1 aromatic heterocycles. The minimum atomic E-state index is -0.339. The van der Waals surface area contributed by atoms with Gasteiger partial charge in [0, 0.05) is 17.0 Å². The van der Waals surface area contributed by atoms with E-state index in [1.54, 1.807) is 18.2 Å². The minimum absolute atomic E-state index is 0.108. The molecule has 1 aliphatic rings. The number of fused-ring (bicyclic) bond motifs is 5. The molecule has 0 spiro atoms. The lowest BCUT2D eigenvalue weighted by Gasteiger charge is -2.22. The van der Waals surface area contributed by atoms with E-state index in [1.165, 1.54) is 0 Å². The summed E-state index contributed by atoms with van der Waals surface area (Å²) < 4.78 is 6.12.